The molecule has 10 heavy (non-hydrogen) atoms. The van der Waals surface area contributed by atoms with Gasteiger partial charge in [-0.2, -0.15) is 0 Å². The van der Waals surface area contributed by atoms with Gasteiger partial charge in [0.25, 0.3) is 0 Å². The summed E-state index contributed by atoms with van der Waals surface area (Å²) in [6, 6.07) is 0. The molecule has 2 N–H and O–H groups in total. The topological polar surface area (TPSA) is 38.4 Å². The molecular weight excluding hydrogens is 124 g/mol. The Morgan fingerprint density at radius 3 is 2.70 bits per heavy atom. The average molecular weight is 140 g/mol. The summed E-state index contributed by atoms with van der Waals surface area (Å²) in [6.07, 6.45) is 2.81. The van der Waals surface area contributed by atoms with Gasteiger partial charge < -0.3 is 5.73 Å². The van der Waals surface area contributed by atoms with Crippen molar-refractivity contribution in [2.45, 2.75) is 26.7 Å². The molecule has 1 atom stereocenters. The number of nitrogens with zero attached hydrogens (tertiary/aromatic N) is 1. The molecule has 58 valence electrons. The minimum Gasteiger partial charge on any atom is -0.388 e. The van der Waals surface area contributed by atoms with Gasteiger partial charge in [-0.25, -0.2) is 0 Å². The predicted octanol–water partition coefficient (Wildman–Crippen LogP) is 1.41. The molecule has 0 aromatic heterocycles. The van der Waals surface area contributed by atoms with E-state index in [0.29, 0.717) is 5.84 Å². The summed E-state index contributed by atoms with van der Waals surface area (Å²) >= 11 is 0. The van der Waals surface area contributed by atoms with Gasteiger partial charge in [0.2, 0.25) is 0 Å². The first-order valence-electron chi connectivity index (χ1n) is 3.96. The summed E-state index contributed by atoms with van der Waals surface area (Å²) < 4.78 is 0. The van der Waals surface area contributed by atoms with E-state index in [0.717, 1.165) is 18.4 Å². The predicted molar refractivity (Wildman–Crippen MR) is 44.1 cm³/mol. The van der Waals surface area contributed by atoms with Crippen LogP contribution in [0.1, 0.15) is 26.7 Å². The van der Waals surface area contributed by atoms with E-state index in [1.807, 2.05) is 6.92 Å². The summed E-state index contributed by atoms with van der Waals surface area (Å²) in [5, 5.41) is 0. The lowest BCUT2D eigenvalue weighted by atomic mass is 10.1. The van der Waals surface area contributed by atoms with Crippen molar-refractivity contribution >= 4 is 5.84 Å². The van der Waals surface area contributed by atoms with E-state index in [4.69, 9.17) is 5.73 Å². The Morgan fingerprint density at radius 1 is 1.70 bits per heavy atom. The number of nitrogens with two attached hydrogens (primary N) is 1. The van der Waals surface area contributed by atoms with Crippen molar-refractivity contribution in [1.82, 2.24) is 0 Å². The van der Waals surface area contributed by atoms with Crippen LogP contribution in [0, 0.1) is 11.8 Å². The fraction of sp³-hybridized carbons (Fsp3) is 0.875. The van der Waals surface area contributed by atoms with Crippen molar-refractivity contribution in [3.63, 3.8) is 0 Å². The molecule has 1 saturated carbocycles. The molecule has 1 aliphatic rings. The zero-order valence-corrected chi connectivity index (χ0v) is 6.80. The molecule has 0 aromatic carbocycles. The third-order valence-corrected chi connectivity index (χ3v) is 2.06. The fourth-order valence-electron chi connectivity index (χ4n) is 1.10. The molecule has 0 radical (unpaired) electrons. The lowest BCUT2D eigenvalue weighted by Gasteiger charge is -2.04. The lowest BCUT2D eigenvalue weighted by Crippen LogP contribution is -2.10. The standard InChI is InChI=1S/C8H16N2/c1-6(8-3-4-8)5-10-7(2)9/h6,8H,3-5H2,1-2H3,(H2,9,10). The molecule has 1 unspecified atom stereocenters. The van der Waals surface area contributed by atoms with E-state index in [1.165, 1.54) is 12.8 Å². The van der Waals surface area contributed by atoms with Crippen LogP contribution in [0.4, 0.5) is 0 Å². The van der Waals surface area contributed by atoms with Crippen LogP contribution in [0.2, 0.25) is 0 Å². The van der Waals surface area contributed by atoms with Crippen molar-refractivity contribution in [2.75, 3.05) is 6.54 Å². The summed E-state index contributed by atoms with van der Waals surface area (Å²) in [5.41, 5.74) is 5.41. The number of aliphatic imine (C=N–C) groups is 1. The Kier molecular flexibility index (Phi) is 2.30. The monoisotopic (exact) mass is 140 g/mol. The van der Waals surface area contributed by atoms with Crippen molar-refractivity contribution in [1.29, 1.82) is 0 Å². The van der Waals surface area contributed by atoms with Gasteiger partial charge in [-0.15, -0.1) is 0 Å². The largest absolute Gasteiger partial charge is 0.388 e. The van der Waals surface area contributed by atoms with Gasteiger partial charge in [-0.05, 0) is 31.6 Å². The first kappa shape index (κ1) is 7.58. The highest BCUT2D eigenvalue weighted by Crippen LogP contribution is 2.36. The molecular formula is C8H16N2. The Morgan fingerprint density at radius 2 is 2.30 bits per heavy atom. The van der Waals surface area contributed by atoms with Crippen LogP contribution in [0.5, 0.6) is 0 Å². The van der Waals surface area contributed by atoms with E-state index in [-0.39, 0.29) is 0 Å². The highest BCUT2D eigenvalue weighted by molar-refractivity contribution is 5.77. The number of hydrogen-bond donors (Lipinski definition) is 1. The van der Waals surface area contributed by atoms with E-state index >= 15 is 0 Å². The second kappa shape index (κ2) is 3.04. The maximum atomic E-state index is 5.41. The van der Waals surface area contributed by atoms with Gasteiger partial charge in [0.1, 0.15) is 0 Å². The van der Waals surface area contributed by atoms with E-state index in [1.54, 1.807) is 0 Å². The second-order valence-corrected chi connectivity index (χ2v) is 3.30. The molecule has 2 nitrogen and oxygen atoms in total. The van der Waals surface area contributed by atoms with E-state index in [9.17, 15) is 0 Å². The zero-order chi connectivity index (χ0) is 7.56. The summed E-state index contributed by atoms with van der Waals surface area (Å²) in [7, 11) is 0. The van der Waals surface area contributed by atoms with Gasteiger partial charge in [0.15, 0.2) is 0 Å². The molecule has 0 bridgehead atoms. The third kappa shape index (κ3) is 2.38. The van der Waals surface area contributed by atoms with E-state index < -0.39 is 0 Å². The zero-order valence-electron chi connectivity index (χ0n) is 6.80. The molecule has 0 saturated heterocycles. The minimum atomic E-state index is 0.715. The molecule has 1 aliphatic carbocycles. The van der Waals surface area contributed by atoms with Crippen LogP contribution >= 0.6 is 0 Å². The third-order valence-electron chi connectivity index (χ3n) is 2.06. The van der Waals surface area contributed by atoms with Crippen molar-refractivity contribution in [3.05, 3.63) is 0 Å². The molecule has 0 spiro atoms. The normalized spacial score (nSPS) is 22.8. The van der Waals surface area contributed by atoms with Crippen LogP contribution in [-0.2, 0) is 0 Å². The van der Waals surface area contributed by atoms with Crippen molar-refractivity contribution < 1.29 is 0 Å². The number of hydrogen-bond acceptors (Lipinski definition) is 1. The number of rotatable bonds is 3. The smallest absolute Gasteiger partial charge is 0.0905 e. The first-order chi connectivity index (χ1) is 4.70. The van der Waals surface area contributed by atoms with Gasteiger partial charge in [0.05, 0.1) is 5.84 Å². The Bertz CT molecular complexity index is 132. The van der Waals surface area contributed by atoms with Crippen molar-refractivity contribution in [3.8, 4) is 0 Å². The maximum absolute atomic E-state index is 5.41. The van der Waals surface area contributed by atoms with E-state index in [2.05, 4.69) is 11.9 Å². The van der Waals surface area contributed by atoms with Crippen molar-refractivity contribution in [2.24, 2.45) is 22.6 Å². The SMILES string of the molecule is CC(N)=NCC(C)C1CC1. The van der Waals surface area contributed by atoms with Crippen LogP contribution < -0.4 is 5.73 Å². The molecule has 1 fully saturated rings. The molecule has 0 aromatic rings. The van der Waals surface area contributed by atoms with Gasteiger partial charge >= 0.3 is 0 Å². The first-order valence-corrected chi connectivity index (χ1v) is 3.96. The Labute approximate surface area is 62.5 Å². The molecule has 0 aliphatic heterocycles. The van der Waals surface area contributed by atoms with Gasteiger partial charge in [0, 0.05) is 6.54 Å². The molecule has 0 heterocycles. The van der Waals surface area contributed by atoms with Crippen LogP contribution in [0.25, 0.3) is 0 Å². The summed E-state index contributed by atoms with van der Waals surface area (Å²) in [5.74, 6) is 2.41. The molecule has 1 rings (SSSR count). The highest BCUT2D eigenvalue weighted by Gasteiger charge is 2.27. The Balaban J connectivity index is 2.17. The summed E-state index contributed by atoms with van der Waals surface area (Å²) in [6.45, 7) is 5.02. The van der Waals surface area contributed by atoms with Gasteiger partial charge in [-0.1, -0.05) is 6.92 Å². The molecule has 0 amide bonds. The lowest BCUT2D eigenvalue weighted by molar-refractivity contribution is 0.522. The highest BCUT2D eigenvalue weighted by atomic mass is 14.8. The van der Waals surface area contributed by atoms with Gasteiger partial charge in [-0.3, -0.25) is 4.99 Å². The fourth-order valence-corrected chi connectivity index (χ4v) is 1.10. The quantitative estimate of drug-likeness (QED) is 0.467. The summed E-state index contributed by atoms with van der Waals surface area (Å²) in [4.78, 5) is 4.18. The molecule has 2 heteroatoms. The van der Waals surface area contributed by atoms with Crippen LogP contribution in [0.3, 0.4) is 0 Å². The second-order valence-electron chi connectivity index (χ2n) is 3.30. The Hall–Kier alpha value is -0.530. The van der Waals surface area contributed by atoms with Crippen LogP contribution in [-0.4, -0.2) is 12.4 Å². The number of amidine groups is 1. The average Bonchev–Trinajstić information content (AvgIpc) is 2.63. The van der Waals surface area contributed by atoms with Crippen LogP contribution in [0.15, 0.2) is 4.99 Å². The minimum absolute atomic E-state index is 0.715. The maximum Gasteiger partial charge on any atom is 0.0905 e.